The van der Waals surface area contributed by atoms with Crippen molar-refractivity contribution in [1.29, 1.82) is 0 Å². The molecular weight excluding hydrogens is 306 g/mol. The number of ether oxygens (including phenoxy) is 2. The topological polar surface area (TPSA) is 59.0 Å². The van der Waals surface area contributed by atoms with Crippen molar-refractivity contribution < 1.29 is 34.5 Å². The normalized spacial score (nSPS) is 40.5. The van der Waals surface area contributed by atoms with Crippen molar-refractivity contribution >= 4 is 5.78 Å². The van der Waals surface area contributed by atoms with Crippen LogP contribution in [0.2, 0.25) is 0 Å². The van der Waals surface area contributed by atoms with Gasteiger partial charge >= 0.3 is 0 Å². The Hall–Kier alpha value is -1.59. The number of carbonyl (C=O) groups excluding carboxylic acids is 1. The van der Waals surface area contributed by atoms with Crippen LogP contribution >= 0.6 is 0 Å². The summed E-state index contributed by atoms with van der Waals surface area (Å²) in [5.74, 6) is -3.36. The average molecular weight is 344 g/mol. The summed E-state index contributed by atoms with van der Waals surface area (Å²) >= 11 is 0. The molecular formula is C19H27NO4. The second-order valence-electron chi connectivity index (χ2n) is 5.86. The molecule has 1 saturated heterocycles. The second kappa shape index (κ2) is 6.37. The van der Waals surface area contributed by atoms with Gasteiger partial charge in [0.15, 0.2) is 11.5 Å². The molecule has 0 spiro atoms. The van der Waals surface area contributed by atoms with E-state index in [-0.39, 0.29) is 22.6 Å². The fraction of sp³-hybridized carbons (Fsp3) is 0.632. The highest BCUT2D eigenvalue weighted by atomic mass is 16.5. The van der Waals surface area contributed by atoms with Crippen LogP contribution in [-0.2, 0) is 11.2 Å². The lowest BCUT2D eigenvalue weighted by molar-refractivity contribution is -0.131. The van der Waals surface area contributed by atoms with Gasteiger partial charge in [-0.05, 0) is 49.8 Å². The zero-order chi connectivity index (χ0) is 27.2. The summed E-state index contributed by atoms with van der Waals surface area (Å²) in [4.78, 5) is 14.1. The van der Waals surface area contributed by atoms with E-state index >= 15 is 0 Å². The van der Waals surface area contributed by atoms with Gasteiger partial charge in [-0.15, -0.1) is 0 Å². The number of aryl methyl sites for hydroxylation is 1. The van der Waals surface area contributed by atoms with Gasteiger partial charge in [0.1, 0.15) is 5.78 Å². The van der Waals surface area contributed by atoms with Gasteiger partial charge in [0.25, 0.3) is 0 Å². The second-order valence-corrected chi connectivity index (χ2v) is 5.86. The largest absolute Gasteiger partial charge is 0.493 e. The molecule has 1 aromatic rings. The monoisotopic (exact) mass is 344 g/mol. The molecule has 2 aliphatic heterocycles. The number of fused-ring (bicyclic) bond motifs is 3. The van der Waals surface area contributed by atoms with E-state index in [0.29, 0.717) is 11.8 Å². The first-order chi connectivity index (χ1) is 15.6. The molecule has 1 fully saturated rings. The van der Waals surface area contributed by atoms with Gasteiger partial charge < -0.3 is 14.6 Å². The SMILES string of the molecule is [2H]C1([2H])C(=O)[C@@H](C([2H])([2H])C(C)(O)C([2H])([2H])[2H])CN2[C@@H]1c1cc(OC)c(OC)cc1C([2H])([2H])C2([2H])[2H]. The molecule has 0 aliphatic carbocycles. The van der Waals surface area contributed by atoms with Crippen LogP contribution in [0.15, 0.2) is 12.1 Å². The zero-order valence-corrected chi connectivity index (χ0v) is 13.6. The number of rotatable bonds is 4. The number of carbonyl (C=O) groups is 1. The number of hydrogen-bond acceptors (Lipinski definition) is 5. The molecule has 0 bridgehead atoms. The average Bonchev–Trinajstić information content (AvgIpc) is 2.72. The number of piperidine rings is 1. The quantitative estimate of drug-likeness (QED) is 0.908. The third kappa shape index (κ3) is 3.28. The van der Waals surface area contributed by atoms with E-state index < -0.39 is 62.4 Å². The summed E-state index contributed by atoms with van der Waals surface area (Å²) in [6.45, 7) is -6.49. The lowest BCUT2D eigenvalue weighted by Gasteiger charge is -2.44. The van der Waals surface area contributed by atoms with Crippen LogP contribution in [0.1, 0.15) is 58.8 Å². The van der Waals surface area contributed by atoms with Crippen molar-refractivity contribution in [3.8, 4) is 11.5 Å². The number of ketones is 1. The Bertz CT molecular complexity index is 1040. The molecule has 1 unspecified atom stereocenters. The van der Waals surface area contributed by atoms with Crippen LogP contribution in [0, 0.1) is 5.92 Å². The van der Waals surface area contributed by atoms with Crippen molar-refractivity contribution in [2.75, 3.05) is 27.3 Å². The van der Waals surface area contributed by atoms with E-state index in [1.165, 1.54) is 26.4 Å². The summed E-state index contributed by atoms with van der Waals surface area (Å²) in [5.41, 5.74) is -3.46. The van der Waals surface area contributed by atoms with Crippen LogP contribution < -0.4 is 9.47 Å². The minimum Gasteiger partial charge on any atom is -0.493 e. The molecule has 2 aliphatic rings. The maximum atomic E-state index is 13.4. The molecule has 132 valence electrons. The van der Waals surface area contributed by atoms with Gasteiger partial charge in [0, 0.05) is 46.5 Å². The smallest absolute Gasteiger partial charge is 0.161 e. The number of benzene rings is 1. The fourth-order valence-corrected chi connectivity index (χ4v) is 2.87. The van der Waals surface area contributed by atoms with Gasteiger partial charge in [-0.3, -0.25) is 9.69 Å². The van der Waals surface area contributed by atoms with Crippen LogP contribution in [0.25, 0.3) is 0 Å². The molecule has 3 atom stereocenters. The Kier molecular flexibility index (Phi) is 2.18. The number of aliphatic hydroxyl groups is 1. The number of Topliss-reactive ketones (excluding diaryl/α,β-unsaturated/α-hetero) is 1. The molecule has 0 radical (unpaired) electrons. The minimum absolute atomic E-state index is 0.0602. The van der Waals surface area contributed by atoms with Crippen LogP contribution in [-0.4, -0.2) is 48.7 Å². The Labute approximate surface area is 159 Å². The Balaban J connectivity index is 2.29. The number of nitrogens with zero attached hydrogens (tertiary/aromatic N) is 1. The van der Waals surface area contributed by atoms with Crippen LogP contribution in [0.3, 0.4) is 0 Å². The van der Waals surface area contributed by atoms with Gasteiger partial charge in [0.05, 0.1) is 19.8 Å². The van der Waals surface area contributed by atoms with Crippen molar-refractivity contribution in [2.45, 2.75) is 44.5 Å². The minimum atomic E-state index is -3.30. The first-order valence-corrected chi connectivity index (χ1v) is 7.42. The molecule has 24 heavy (non-hydrogen) atoms. The molecule has 0 aromatic heterocycles. The lowest BCUT2D eigenvalue weighted by Crippen LogP contribution is -2.47. The Morgan fingerprint density at radius 1 is 1.46 bits per heavy atom. The molecule has 5 heteroatoms. The maximum absolute atomic E-state index is 13.4. The Morgan fingerprint density at radius 3 is 2.83 bits per heavy atom. The number of hydrogen-bond donors (Lipinski definition) is 1. The van der Waals surface area contributed by atoms with Crippen molar-refractivity contribution in [3.05, 3.63) is 23.3 Å². The molecule has 1 aromatic carbocycles. The first-order valence-electron chi connectivity index (χ1n) is 12.9. The highest BCUT2D eigenvalue weighted by molar-refractivity contribution is 5.83. The zero-order valence-electron chi connectivity index (χ0n) is 24.6. The molecule has 2 heterocycles. The predicted octanol–water partition coefficient (Wildman–Crippen LogP) is 2.35. The van der Waals surface area contributed by atoms with Crippen LogP contribution in [0.4, 0.5) is 0 Å². The van der Waals surface area contributed by atoms with Crippen molar-refractivity contribution in [3.63, 3.8) is 0 Å². The summed E-state index contributed by atoms with van der Waals surface area (Å²) in [7, 11) is 2.58. The van der Waals surface area contributed by atoms with E-state index in [1.54, 1.807) is 0 Å². The lowest BCUT2D eigenvalue weighted by atomic mass is 9.79. The highest BCUT2D eigenvalue weighted by Gasteiger charge is 2.40. The molecule has 0 amide bonds. The molecule has 1 N–H and O–H groups in total. The fourth-order valence-electron chi connectivity index (χ4n) is 2.87. The summed E-state index contributed by atoms with van der Waals surface area (Å²) in [6.07, 6.45) is -9.02. The third-order valence-electron chi connectivity index (χ3n) is 3.93. The van der Waals surface area contributed by atoms with E-state index in [2.05, 4.69) is 0 Å². The summed E-state index contributed by atoms with van der Waals surface area (Å²) in [6, 6.07) is 0.722. The van der Waals surface area contributed by atoms with Crippen molar-refractivity contribution in [1.82, 2.24) is 4.90 Å². The van der Waals surface area contributed by atoms with Gasteiger partial charge in [-0.1, -0.05) is 0 Å². The number of methoxy groups -OCH3 is 2. The molecule has 0 saturated carbocycles. The predicted molar refractivity (Wildman–Crippen MR) is 91.6 cm³/mol. The summed E-state index contributed by atoms with van der Waals surface area (Å²) in [5, 5.41) is 10.6. The summed E-state index contributed by atoms with van der Waals surface area (Å²) < 4.78 is 101. The maximum Gasteiger partial charge on any atom is 0.161 e. The molecule has 3 rings (SSSR count). The van der Waals surface area contributed by atoms with Crippen molar-refractivity contribution in [2.24, 2.45) is 5.92 Å². The van der Waals surface area contributed by atoms with Gasteiger partial charge in [-0.2, -0.15) is 0 Å². The first kappa shape index (κ1) is 8.19. The van der Waals surface area contributed by atoms with Crippen LogP contribution in [0.5, 0.6) is 11.5 Å². The van der Waals surface area contributed by atoms with Gasteiger partial charge in [-0.25, -0.2) is 0 Å². The molecule has 5 nitrogen and oxygen atoms in total. The Morgan fingerprint density at radius 2 is 2.17 bits per heavy atom. The van der Waals surface area contributed by atoms with E-state index in [0.717, 1.165) is 0 Å². The van der Waals surface area contributed by atoms with E-state index in [9.17, 15) is 9.90 Å². The standard InChI is InChI=1S/C19H27NO4/c1-19(2,22)10-13-11-20-6-5-12-7-17(23-3)18(24-4)8-14(12)15(20)9-16(13)21/h7-8,13,15,22H,5-6,9-11H2,1-4H3/t13-,15-/m0/s1/i1D3,5D2,6D2,9D2,10D2/t13-,15-,19?. The van der Waals surface area contributed by atoms with E-state index in [4.69, 9.17) is 24.6 Å². The van der Waals surface area contributed by atoms with Gasteiger partial charge in [0.2, 0.25) is 0 Å². The van der Waals surface area contributed by atoms with E-state index in [1.807, 2.05) is 0 Å². The third-order valence-corrected chi connectivity index (χ3v) is 3.93. The highest BCUT2D eigenvalue weighted by Crippen LogP contribution is 2.42.